The fourth-order valence-electron chi connectivity index (χ4n) is 3.12. The van der Waals surface area contributed by atoms with Gasteiger partial charge in [-0.3, -0.25) is 4.98 Å². The van der Waals surface area contributed by atoms with Gasteiger partial charge in [-0.1, -0.05) is 30.3 Å². The molecule has 0 amide bonds. The van der Waals surface area contributed by atoms with Crippen molar-refractivity contribution in [2.24, 2.45) is 0 Å². The van der Waals surface area contributed by atoms with Crippen molar-refractivity contribution in [3.63, 3.8) is 0 Å². The number of benzene rings is 1. The van der Waals surface area contributed by atoms with Crippen LogP contribution in [0.15, 0.2) is 55.0 Å². The van der Waals surface area contributed by atoms with Gasteiger partial charge >= 0.3 is 0 Å². The molecule has 1 aromatic carbocycles. The minimum absolute atomic E-state index is 0.702. The van der Waals surface area contributed by atoms with Gasteiger partial charge in [0, 0.05) is 43.8 Å². The monoisotopic (exact) mass is 331 g/mol. The average Bonchev–Trinajstić information content (AvgIpc) is 2.68. The van der Waals surface area contributed by atoms with E-state index in [9.17, 15) is 0 Å². The van der Waals surface area contributed by atoms with Gasteiger partial charge in [-0.05, 0) is 36.1 Å². The van der Waals surface area contributed by atoms with Crippen molar-refractivity contribution in [3.8, 4) is 0 Å². The van der Waals surface area contributed by atoms with Crippen LogP contribution in [0.25, 0.3) is 0 Å². The highest BCUT2D eigenvalue weighted by Gasteiger charge is 2.18. The number of nitrogens with one attached hydrogen (secondary N) is 1. The Morgan fingerprint density at radius 1 is 1.08 bits per heavy atom. The fraction of sp³-hybridized carbons (Fsp3) is 0.250. The first kappa shape index (κ1) is 15.6. The molecule has 0 saturated carbocycles. The molecule has 1 aliphatic rings. The van der Waals surface area contributed by atoms with Gasteiger partial charge in [0.15, 0.2) is 0 Å². The van der Waals surface area contributed by atoms with Crippen molar-refractivity contribution in [1.29, 1.82) is 0 Å². The Morgan fingerprint density at radius 2 is 1.96 bits per heavy atom. The van der Waals surface area contributed by atoms with E-state index in [1.54, 1.807) is 6.20 Å². The molecule has 1 aliphatic heterocycles. The molecule has 1 N–H and O–H groups in total. The molecule has 3 heterocycles. The lowest BCUT2D eigenvalue weighted by Crippen LogP contribution is -2.31. The van der Waals surface area contributed by atoms with Gasteiger partial charge in [-0.25, -0.2) is 4.98 Å². The standard InChI is InChI=1S/C20H21N5/c1-15-11-23-20(24-19(15)22-13-16-5-4-9-21-12-16)25-10-8-17-6-2-3-7-18(17)14-25/h2-7,9,11-12H,8,10,13-14H2,1H3,(H,22,23,24). The summed E-state index contributed by atoms with van der Waals surface area (Å²) < 4.78 is 0. The molecule has 3 aromatic rings. The number of anilines is 2. The van der Waals surface area contributed by atoms with Crippen LogP contribution < -0.4 is 10.2 Å². The zero-order valence-electron chi connectivity index (χ0n) is 14.3. The Bertz CT molecular complexity index is 863. The highest BCUT2D eigenvalue weighted by atomic mass is 15.3. The molecule has 126 valence electrons. The average molecular weight is 331 g/mol. The summed E-state index contributed by atoms with van der Waals surface area (Å²) in [6, 6.07) is 12.6. The molecule has 0 bridgehead atoms. The maximum absolute atomic E-state index is 4.77. The van der Waals surface area contributed by atoms with Crippen molar-refractivity contribution >= 4 is 11.8 Å². The van der Waals surface area contributed by atoms with Crippen molar-refractivity contribution in [1.82, 2.24) is 15.0 Å². The Kier molecular flexibility index (Phi) is 4.29. The van der Waals surface area contributed by atoms with Crippen LogP contribution in [-0.2, 0) is 19.5 Å². The van der Waals surface area contributed by atoms with Gasteiger partial charge in [0.2, 0.25) is 5.95 Å². The van der Waals surface area contributed by atoms with E-state index in [0.29, 0.717) is 6.54 Å². The number of hydrogen-bond donors (Lipinski definition) is 1. The van der Waals surface area contributed by atoms with Gasteiger partial charge in [-0.15, -0.1) is 0 Å². The summed E-state index contributed by atoms with van der Waals surface area (Å²) in [5.74, 6) is 1.67. The molecule has 2 aromatic heterocycles. The summed E-state index contributed by atoms with van der Waals surface area (Å²) in [6.07, 6.45) is 6.58. The van der Waals surface area contributed by atoms with E-state index >= 15 is 0 Å². The Balaban J connectivity index is 1.52. The molecule has 0 radical (unpaired) electrons. The predicted octanol–water partition coefficient (Wildman–Crippen LogP) is 3.35. The highest BCUT2D eigenvalue weighted by Crippen LogP contribution is 2.23. The molecular weight excluding hydrogens is 310 g/mol. The summed E-state index contributed by atoms with van der Waals surface area (Å²) in [7, 11) is 0. The van der Waals surface area contributed by atoms with E-state index in [4.69, 9.17) is 4.98 Å². The molecule has 4 rings (SSSR count). The van der Waals surface area contributed by atoms with Crippen molar-refractivity contribution < 1.29 is 0 Å². The lowest BCUT2D eigenvalue weighted by Gasteiger charge is -2.29. The minimum atomic E-state index is 0.702. The van der Waals surface area contributed by atoms with Crippen molar-refractivity contribution in [2.75, 3.05) is 16.8 Å². The number of aryl methyl sites for hydroxylation is 1. The zero-order valence-corrected chi connectivity index (χ0v) is 14.3. The lowest BCUT2D eigenvalue weighted by molar-refractivity contribution is 0.707. The number of nitrogens with zero attached hydrogens (tertiary/aromatic N) is 4. The number of aromatic nitrogens is 3. The first-order valence-corrected chi connectivity index (χ1v) is 8.58. The quantitative estimate of drug-likeness (QED) is 0.794. The smallest absolute Gasteiger partial charge is 0.227 e. The molecule has 5 heteroatoms. The number of hydrogen-bond acceptors (Lipinski definition) is 5. The first-order valence-electron chi connectivity index (χ1n) is 8.58. The number of pyridine rings is 1. The van der Waals surface area contributed by atoms with Gasteiger partial charge in [0.25, 0.3) is 0 Å². The van der Waals surface area contributed by atoms with Crippen LogP contribution in [0.4, 0.5) is 11.8 Å². The molecule has 0 saturated heterocycles. The minimum Gasteiger partial charge on any atom is -0.366 e. The van der Waals surface area contributed by atoms with Crippen LogP contribution in [0.3, 0.4) is 0 Å². The molecule has 25 heavy (non-hydrogen) atoms. The second-order valence-electron chi connectivity index (χ2n) is 6.36. The van der Waals surface area contributed by atoms with E-state index < -0.39 is 0 Å². The van der Waals surface area contributed by atoms with E-state index in [0.717, 1.165) is 42.4 Å². The van der Waals surface area contributed by atoms with Gasteiger partial charge in [-0.2, -0.15) is 4.98 Å². The van der Waals surface area contributed by atoms with Crippen LogP contribution >= 0.6 is 0 Å². The summed E-state index contributed by atoms with van der Waals surface area (Å²) in [4.78, 5) is 15.7. The SMILES string of the molecule is Cc1cnc(N2CCc3ccccc3C2)nc1NCc1cccnc1. The molecule has 0 atom stereocenters. The molecule has 0 unspecified atom stereocenters. The van der Waals surface area contributed by atoms with Crippen LogP contribution in [-0.4, -0.2) is 21.5 Å². The van der Waals surface area contributed by atoms with Crippen LogP contribution in [0.2, 0.25) is 0 Å². The first-order chi connectivity index (χ1) is 12.3. The van der Waals surface area contributed by atoms with E-state index in [2.05, 4.69) is 50.5 Å². The van der Waals surface area contributed by atoms with Crippen LogP contribution in [0, 0.1) is 6.92 Å². The number of rotatable bonds is 4. The summed E-state index contributed by atoms with van der Waals surface area (Å²) >= 11 is 0. The number of fused-ring (bicyclic) bond motifs is 1. The third-order valence-corrected chi connectivity index (χ3v) is 4.56. The highest BCUT2D eigenvalue weighted by molar-refractivity contribution is 5.49. The molecule has 0 spiro atoms. The van der Waals surface area contributed by atoms with E-state index in [1.807, 2.05) is 25.4 Å². The Hall–Kier alpha value is -2.95. The largest absolute Gasteiger partial charge is 0.366 e. The summed E-state index contributed by atoms with van der Waals surface area (Å²) in [6.45, 7) is 4.54. The predicted molar refractivity (Wildman–Crippen MR) is 99.5 cm³/mol. The maximum atomic E-state index is 4.77. The van der Waals surface area contributed by atoms with E-state index in [1.165, 1.54) is 11.1 Å². The van der Waals surface area contributed by atoms with Crippen LogP contribution in [0.5, 0.6) is 0 Å². The normalized spacial score (nSPS) is 13.4. The van der Waals surface area contributed by atoms with Gasteiger partial charge in [0.1, 0.15) is 5.82 Å². The van der Waals surface area contributed by atoms with Crippen molar-refractivity contribution in [3.05, 3.63) is 77.2 Å². The second-order valence-corrected chi connectivity index (χ2v) is 6.36. The van der Waals surface area contributed by atoms with Crippen LogP contribution in [0.1, 0.15) is 22.3 Å². The third-order valence-electron chi connectivity index (χ3n) is 4.56. The Labute approximate surface area is 147 Å². The Morgan fingerprint density at radius 3 is 2.80 bits per heavy atom. The lowest BCUT2D eigenvalue weighted by atomic mass is 10.0. The molecule has 0 fully saturated rings. The van der Waals surface area contributed by atoms with Gasteiger partial charge < -0.3 is 10.2 Å². The molecule has 0 aliphatic carbocycles. The van der Waals surface area contributed by atoms with Gasteiger partial charge in [0.05, 0.1) is 0 Å². The second kappa shape index (κ2) is 6.89. The maximum Gasteiger partial charge on any atom is 0.227 e. The van der Waals surface area contributed by atoms with Crippen molar-refractivity contribution in [2.45, 2.75) is 26.4 Å². The summed E-state index contributed by atoms with van der Waals surface area (Å²) in [5.41, 5.74) is 4.97. The summed E-state index contributed by atoms with van der Waals surface area (Å²) in [5, 5.41) is 3.41. The topological polar surface area (TPSA) is 53.9 Å². The molecular formula is C20H21N5. The van der Waals surface area contributed by atoms with E-state index in [-0.39, 0.29) is 0 Å². The molecule has 5 nitrogen and oxygen atoms in total. The fourth-order valence-corrected chi connectivity index (χ4v) is 3.12. The third kappa shape index (κ3) is 3.45. The zero-order chi connectivity index (χ0) is 17.1.